The van der Waals surface area contributed by atoms with Gasteiger partial charge in [0.05, 0.1) is 11.5 Å². The van der Waals surface area contributed by atoms with Gasteiger partial charge in [0.1, 0.15) is 11.6 Å². The molecule has 0 N–H and O–H groups in total. The molecule has 0 saturated heterocycles. The number of alkyl halides is 1. The van der Waals surface area contributed by atoms with Crippen LogP contribution in [0.4, 0.5) is 0 Å². The van der Waals surface area contributed by atoms with Gasteiger partial charge < -0.3 is 9.30 Å². The second-order valence-electron chi connectivity index (χ2n) is 4.14. The first-order chi connectivity index (χ1) is 7.21. The summed E-state index contributed by atoms with van der Waals surface area (Å²) in [6, 6.07) is 0. The number of rotatable bonds is 4. The molecule has 1 heterocycles. The highest BCUT2D eigenvalue weighted by molar-refractivity contribution is 6.16. The summed E-state index contributed by atoms with van der Waals surface area (Å²) in [4.78, 5) is 0. The van der Waals surface area contributed by atoms with E-state index in [4.69, 9.17) is 16.3 Å². The number of hydrogen-bond donors (Lipinski definition) is 0. The highest BCUT2D eigenvalue weighted by Gasteiger charge is 2.38. The summed E-state index contributed by atoms with van der Waals surface area (Å²) in [7, 11) is 3.73. The van der Waals surface area contributed by atoms with Crippen LogP contribution in [0.5, 0.6) is 0 Å². The van der Waals surface area contributed by atoms with E-state index in [1.807, 2.05) is 11.6 Å². The molecule has 0 unspecified atom stereocenters. The second-order valence-corrected chi connectivity index (χ2v) is 4.41. The standard InChI is InChI=1S/C10H16ClN3O/c1-14-8(12-13-9(14)7-11)6-10(15-2)4-3-5-10/h3-7H2,1-2H3. The van der Waals surface area contributed by atoms with Crippen molar-refractivity contribution in [3.63, 3.8) is 0 Å². The van der Waals surface area contributed by atoms with Crippen molar-refractivity contribution in [2.75, 3.05) is 7.11 Å². The number of hydrogen-bond acceptors (Lipinski definition) is 3. The summed E-state index contributed by atoms with van der Waals surface area (Å²) >= 11 is 5.74. The SMILES string of the molecule is COC1(Cc2nnc(CCl)n2C)CCC1. The smallest absolute Gasteiger partial charge is 0.147 e. The first kappa shape index (κ1) is 10.9. The third-order valence-corrected chi connectivity index (χ3v) is 3.59. The normalized spacial score (nSPS) is 18.9. The maximum Gasteiger partial charge on any atom is 0.147 e. The molecule has 0 radical (unpaired) electrons. The molecule has 1 saturated carbocycles. The monoisotopic (exact) mass is 229 g/mol. The molecule has 0 spiro atoms. The summed E-state index contributed by atoms with van der Waals surface area (Å²) in [6.45, 7) is 0. The molecule has 15 heavy (non-hydrogen) atoms. The first-order valence-electron chi connectivity index (χ1n) is 5.19. The predicted octanol–water partition coefficient (Wildman–Crippen LogP) is 1.67. The van der Waals surface area contributed by atoms with Crippen molar-refractivity contribution < 1.29 is 4.74 Å². The van der Waals surface area contributed by atoms with Crippen LogP contribution in [0.1, 0.15) is 30.9 Å². The lowest BCUT2D eigenvalue weighted by Crippen LogP contribution is -2.42. The van der Waals surface area contributed by atoms with Gasteiger partial charge in [0.2, 0.25) is 0 Å². The Morgan fingerprint density at radius 1 is 1.40 bits per heavy atom. The van der Waals surface area contributed by atoms with Crippen LogP contribution in [0.2, 0.25) is 0 Å². The highest BCUT2D eigenvalue weighted by atomic mass is 35.5. The molecule has 0 aliphatic heterocycles. The van der Waals surface area contributed by atoms with Crippen molar-refractivity contribution in [2.24, 2.45) is 7.05 Å². The Bertz CT molecular complexity index is 341. The molecule has 0 atom stereocenters. The molecule has 0 aromatic carbocycles. The summed E-state index contributed by atoms with van der Waals surface area (Å²) < 4.78 is 7.53. The molecule has 1 aliphatic carbocycles. The molecule has 1 aliphatic rings. The molecule has 0 bridgehead atoms. The van der Waals surface area contributed by atoms with Crippen molar-refractivity contribution in [2.45, 2.75) is 37.2 Å². The minimum absolute atomic E-state index is 0.00434. The Balaban J connectivity index is 2.13. The molecule has 5 heteroatoms. The zero-order valence-corrected chi connectivity index (χ0v) is 9.92. The van der Waals surface area contributed by atoms with E-state index in [2.05, 4.69) is 10.2 Å². The minimum Gasteiger partial charge on any atom is -0.378 e. The Morgan fingerprint density at radius 2 is 2.07 bits per heavy atom. The van der Waals surface area contributed by atoms with E-state index in [0.717, 1.165) is 30.9 Å². The third-order valence-electron chi connectivity index (χ3n) is 3.35. The lowest BCUT2D eigenvalue weighted by atomic mass is 9.77. The molecule has 84 valence electrons. The molecule has 1 fully saturated rings. The molecule has 0 amide bonds. The molecule has 2 rings (SSSR count). The minimum atomic E-state index is 0.00434. The van der Waals surface area contributed by atoms with Crippen LogP contribution in [-0.4, -0.2) is 27.5 Å². The number of aromatic nitrogens is 3. The summed E-state index contributed by atoms with van der Waals surface area (Å²) in [5.74, 6) is 2.19. The first-order valence-corrected chi connectivity index (χ1v) is 5.72. The lowest BCUT2D eigenvalue weighted by Gasteiger charge is -2.40. The molecule has 4 nitrogen and oxygen atoms in total. The van der Waals surface area contributed by atoms with Crippen LogP contribution in [0, 0.1) is 0 Å². The van der Waals surface area contributed by atoms with E-state index in [-0.39, 0.29) is 5.60 Å². The van der Waals surface area contributed by atoms with Crippen molar-refractivity contribution in [3.8, 4) is 0 Å². The zero-order valence-electron chi connectivity index (χ0n) is 9.16. The average molecular weight is 230 g/mol. The van der Waals surface area contributed by atoms with Gasteiger partial charge in [-0.05, 0) is 19.3 Å². The van der Waals surface area contributed by atoms with E-state index in [1.165, 1.54) is 6.42 Å². The second kappa shape index (κ2) is 4.10. The summed E-state index contributed by atoms with van der Waals surface area (Å²) in [6.07, 6.45) is 4.32. The summed E-state index contributed by atoms with van der Waals surface area (Å²) in [5, 5.41) is 8.19. The Hall–Kier alpha value is -0.610. The van der Waals surface area contributed by atoms with Crippen LogP contribution in [0.15, 0.2) is 0 Å². The Morgan fingerprint density at radius 3 is 2.47 bits per heavy atom. The van der Waals surface area contributed by atoms with Gasteiger partial charge in [-0.25, -0.2) is 0 Å². The molecule has 1 aromatic heterocycles. The summed E-state index contributed by atoms with van der Waals surface area (Å²) in [5.41, 5.74) is 0.00434. The quantitative estimate of drug-likeness (QED) is 0.738. The maximum absolute atomic E-state index is 5.74. The fourth-order valence-corrected chi connectivity index (χ4v) is 2.21. The molecule has 1 aromatic rings. The van der Waals surface area contributed by atoms with Crippen LogP contribution >= 0.6 is 11.6 Å². The van der Waals surface area contributed by atoms with Gasteiger partial charge >= 0.3 is 0 Å². The Labute approximate surface area is 94.6 Å². The van der Waals surface area contributed by atoms with Gasteiger partial charge in [-0.2, -0.15) is 0 Å². The topological polar surface area (TPSA) is 39.9 Å². The van der Waals surface area contributed by atoms with Crippen LogP contribution < -0.4 is 0 Å². The van der Waals surface area contributed by atoms with Crippen LogP contribution in [0.25, 0.3) is 0 Å². The van der Waals surface area contributed by atoms with Gasteiger partial charge in [-0.15, -0.1) is 21.8 Å². The van der Waals surface area contributed by atoms with Crippen LogP contribution in [-0.2, 0) is 24.1 Å². The van der Waals surface area contributed by atoms with Crippen molar-refractivity contribution >= 4 is 11.6 Å². The number of nitrogens with zero attached hydrogens (tertiary/aromatic N) is 3. The van der Waals surface area contributed by atoms with Gasteiger partial charge in [0, 0.05) is 20.6 Å². The number of methoxy groups -OCH3 is 1. The number of halogens is 1. The van der Waals surface area contributed by atoms with Crippen molar-refractivity contribution in [1.82, 2.24) is 14.8 Å². The van der Waals surface area contributed by atoms with E-state index in [0.29, 0.717) is 5.88 Å². The van der Waals surface area contributed by atoms with Crippen molar-refractivity contribution in [3.05, 3.63) is 11.6 Å². The van der Waals surface area contributed by atoms with Gasteiger partial charge in [0.25, 0.3) is 0 Å². The van der Waals surface area contributed by atoms with E-state index >= 15 is 0 Å². The zero-order chi connectivity index (χ0) is 10.9. The van der Waals surface area contributed by atoms with E-state index in [1.54, 1.807) is 7.11 Å². The maximum atomic E-state index is 5.74. The third kappa shape index (κ3) is 1.88. The lowest BCUT2D eigenvalue weighted by molar-refractivity contribution is -0.0725. The van der Waals surface area contributed by atoms with E-state index < -0.39 is 0 Å². The van der Waals surface area contributed by atoms with Gasteiger partial charge in [0.15, 0.2) is 0 Å². The molecular formula is C10H16ClN3O. The largest absolute Gasteiger partial charge is 0.378 e. The fraction of sp³-hybridized carbons (Fsp3) is 0.800. The predicted molar refractivity (Wildman–Crippen MR) is 57.9 cm³/mol. The fourth-order valence-electron chi connectivity index (χ4n) is 1.98. The average Bonchev–Trinajstić information content (AvgIpc) is 2.53. The van der Waals surface area contributed by atoms with Gasteiger partial charge in [-0.1, -0.05) is 0 Å². The van der Waals surface area contributed by atoms with Crippen LogP contribution in [0.3, 0.4) is 0 Å². The van der Waals surface area contributed by atoms with Crippen molar-refractivity contribution in [1.29, 1.82) is 0 Å². The Kier molecular flexibility index (Phi) is 2.98. The number of ether oxygens (including phenoxy) is 1. The van der Waals surface area contributed by atoms with E-state index in [9.17, 15) is 0 Å². The highest BCUT2D eigenvalue weighted by Crippen LogP contribution is 2.37. The van der Waals surface area contributed by atoms with Gasteiger partial charge in [-0.3, -0.25) is 0 Å². The molecular weight excluding hydrogens is 214 g/mol.